The number of carbonyl (C=O) groups excluding carboxylic acids is 3. The highest BCUT2D eigenvalue weighted by atomic mass is 16.5. The van der Waals surface area contributed by atoms with Crippen molar-refractivity contribution in [3.05, 3.63) is 52.9 Å². The first-order valence-corrected chi connectivity index (χ1v) is 10.2. The number of ether oxygens (including phenoxy) is 1. The molecule has 0 saturated heterocycles. The van der Waals surface area contributed by atoms with E-state index in [9.17, 15) is 24.3 Å². The van der Waals surface area contributed by atoms with Crippen molar-refractivity contribution in [3.63, 3.8) is 0 Å². The average Bonchev–Trinajstić information content (AvgIpc) is 2.79. The van der Waals surface area contributed by atoms with Crippen LogP contribution in [0.4, 0.5) is 0 Å². The molecule has 0 aliphatic heterocycles. The topological polar surface area (TPSA) is 138 Å². The number of carbonyl (C=O) groups is 3. The third-order valence-corrected chi connectivity index (χ3v) is 5.19. The van der Waals surface area contributed by atoms with Gasteiger partial charge >= 0.3 is 5.63 Å². The Morgan fingerprint density at radius 2 is 1.78 bits per heavy atom. The van der Waals surface area contributed by atoms with Crippen LogP contribution in [0.2, 0.25) is 0 Å². The number of carboxylic acid groups (broad SMARTS) is 1. The van der Waals surface area contributed by atoms with Crippen LogP contribution in [0.5, 0.6) is 5.75 Å². The molecular formula is C23H23N2O7-. The summed E-state index contributed by atoms with van der Waals surface area (Å²) in [5.74, 6) is -2.60. The van der Waals surface area contributed by atoms with E-state index < -0.39 is 36.0 Å². The van der Waals surface area contributed by atoms with Gasteiger partial charge in [0.15, 0.2) is 6.61 Å². The number of carboxylic acids is 1. The van der Waals surface area contributed by atoms with Crippen LogP contribution in [-0.4, -0.2) is 37.0 Å². The van der Waals surface area contributed by atoms with Crippen LogP contribution in [0.3, 0.4) is 0 Å². The van der Waals surface area contributed by atoms with Crippen LogP contribution in [0, 0.1) is 5.92 Å². The summed E-state index contributed by atoms with van der Waals surface area (Å²) in [6.07, 6.45) is 0.542. The van der Waals surface area contributed by atoms with E-state index in [1.165, 1.54) is 6.07 Å². The van der Waals surface area contributed by atoms with E-state index >= 15 is 0 Å². The van der Waals surface area contributed by atoms with E-state index in [4.69, 9.17) is 9.15 Å². The lowest BCUT2D eigenvalue weighted by Crippen LogP contribution is -2.53. The summed E-state index contributed by atoms with van der Waals surface area (Å²) >= 11 is 0. The van der Waals surface area contributed by atoms with Crippen molar-refractivity contribution in [2.24, 2.45) is 5.92 Å². The third kappa shape index (κ3) is 5.23. The highest BCUT2D eigenvalue weighted by Gasteiger charge is 2.19. The first kappa shape index (κ1) is 22.8. The van der Waals surface area contributed by atoms with Gasteiger partial charge in [0.1, 0.15) is 11.3 Å². The summed E-state index contributed by atoms with van der Waals surface area (Å²) in [4.78, 5) is 47.3. The molecule has 9 nitrogen and oxygen atoms in total. The maximum Gasteiger partial charge on any atom is 0.344 e. The zero-order chi connectivity index (χ0) is 23.3. The standard InChI is InChI=1S/C23H24N2O7/c1-3-13(2)21(22(28)29)25-19(26)11-24-20(27)12-31-14-8-9-16-15-6-4-5-7-17(15)23(30)32-18(16)10-14/h4-10,13,21H,3,11-12H2,1-2H3,(H,24,27)(H,25,26)(H,28,29)/p-1/t13-,21-/m0/s1. The second-order valence-corrected chi connectivity index (χ2v) is 7.41. The van der Waals surface area contributed by atoms with Gasteiger partial charge in [-0.3, -0.25) is 9.59 Å². The van der Waals surface area contributed by atoms with Crippen LogP contribution >= 0.6 is 0 Å². The molecule has 0 saturated carbocycles. The zero-order valence-electron chi connectivity index (χ0n) is 17.7. The normalized spacial score (nSPS) is 12.8. The summed E-state index contributed by atoms with van der Waals surface area (Å²) in [6.45, 7) is 2.70. The maximum atomic E-state index is 12.1. The van der Waals surface area contributed by atoms with Crippen LogP contribution in [0.1, 0.15) is 20.3 Å². The van der Waals surface area contributed by atoms with Gasteiger partial charge in [0.2, 0.25) is 5.91 Å². The molecule has 0 radical (unpaired) electrons. The van der Waals surface area contributed by atoms with E-state index in [-0.39, 0.29) is 12.5 Å². The van der Waals surface area contributed by atoms with Gasteiger partial charge in [-0.2, -0.15) is 0 Å². The third-order valence-electron chi connectivity index (χ3n) is 5.19. The fraction of sp³-hybridized carbons (Fsp3) is 0.304. The molecule has 2 atom stereocenters. The Bertz CT molecular complexity index is 1220. The van der Waals surface area contributed by atoms with E-state index in [1.807, 2.05) is 12.1 Å². The predicted molar refractivity (Wildman–Crippen MR) is 115 cm³/mol. The van der Waals surface area contributed by atoms with Crippen molar-refractivity contribution < 1.29 is 28.6 Å². The molecule has 0 fully saturated rings. The highest BCUT2D eigenvalue weighted by molar-refractivity contribution is 6.04. The summed E-state index contributed by atoms with van der Waals surface area (Å²) in [5.41, 5.74) is -0.148. The number of aliphatic carboxylic acids is 1. The zero-order valence-corrected chi connectivity index (χ0v) is 17.7. The smallest absolute Gasteiger partial charge is 0.344 e. The fourth-order valence-electron chi connectivity index (χ4n) is 3.22. The summed E-state index contributed by atoms with van der Waals surface area (Å²) < 4.78 is 10.8. The van der Waals surface area contributed by atoms with Crippen LogP contribution in [-0.2, 0) is 14.4 Å². The molecule has 9 heteroatoms. The summed E-state index contributed by atoms with van der Waals surface area (Å²) in [7, 11) is 0. The molecule has 0 unspecified atom stereocenters. The number of amides is 2. The molecule has 2 N–H and O–H groups in total. The van der Waals surface area contributed by atoms with Gasteiger partial charge in [-0.25, -0.2) is 4.79 Å². The van der Waals surface area contributed by atoms with E-state index in [2.05, 4.69) is 10.6 Å². The Balaban J connectivity index is 1.58. The lowest BCUT2D eigenvalue weighted by molar-refractivity contribution is -0.309. The molecular weight excluding hydrogens is 416 g/mol. The molecule has 2 amide bonds. The Kier molecular flexibility index (Phi) is 7.09. The van der Waals surface area contributed by atoms with Gasteiger partial charge in [-0.1, -0.05) is 38.5 Å². The minimum absolute atomic E-state index is 0.310. The SMILES string of the molecule is CC[C@H](C)[C@H](NC(=O)CNC(=O)COc1ccc2c(c1)oc(=O)c1ccccc12)C(=O)[O-]. The molecule has 168 valence electrons. The van der Waals surface area contributed by atoms with E-state index in [0.29, 0.717) is 23.1 Å². The molecule has 1 aromatic heterocycles. The molecule has 0 aliphatic rings. The average molecular weight is 439 g/mol. The second kappa shape index (κ2) is 9.95. The van der Waals surface area contributed by atoms with Gasteiger partial charge in [-0.15, -0.1) is 0 Å². The van der Waals surface area contributed by atoms with Gasteiger partial charge in [0.05, 0.1) is 23.9 Å². The Morgan fingerprint density at radius 3 is 2.47 bits per heavy atom. The van der Waals surface area contributed by atoms with E-state index in [1.54, 1.807) is 38.1 Å². The van der Waals surface area contributed by atoms with Crippen molar-refractivity contribution in [3.8, 4) is 5.75 Å². The molecule has 2 aromatic carbocycles. The quantitative estimate of drug-likeness (QED) is 0.370. The van der Waals surface area contributed by atoms with E-state index in [0.717, 1.165) is 10.8 Å². The van der Waals surface area contributed by atoms with Crippen molar-refractivity contribution in [2.75, 3.05) is 13.2 Å². The molecule has 3 aromatic rings. The van der Waals surface area contributed by atoms with Gasteiger partial charge in [0, 0.05) is 11.5 Å². The van der Waals surface area contributed by atoms with Crippen LogP contribution < -0.4 is 26.1 Å². The molecule has 3 rings (SSSR count). The number of benzene rings is 2. The molecule has 0 bridgehead atoms. The monoisotopic (exact) mass is 439 g/mol. The molecule has 0 aliphatic carbocycles. The van der Waals surface area contributed by atoms with Crippen LogP contribution in [0.25, 0.3) is 21.7 Å². The van der Waals surface area contributed by atoms with Crippen molar-refractivity contribution >= 4 is 39.5 Å². The summed E-state index contributed by atoms with van der Waals surface area (Å²) in [5, 5.41) is 17.8. The minimum Gasteiger partial charge on any atom is -0.548 e. The molecule has 32 heavy (non-hydrogen) atoms. The van der Waals surface area contributed by atoms with Crippen molar-refractivity contribution in [1.82, 2.24) is 10.6 Å². The highest BCUT2D eigenvalue weighted by Crippen LogP contribution is 2.26. The summed E-state index contributed by atoms with van der Waals surface area (Å²) in [6, 6.07) is 10.8. The fourth-order valence-corrected chi connectivity index (χ4v) is 3.22. The second-order valence-electron chi connectivity index (χ2n) is 7.41. The largest absolute Gasteiger partial charge is 0.548 e. The lowest BCUT2D eigenvalue weighted by Gasteiger charge is -2.25. The minimum atomic E-state index is -1.38. The number of hydrogen-bond donors (Lipinski definition) is 2. The molecule has 0 spiro atoms. The lowest BCUT2D eigenvalue weighted by atomic mass is 9.99. The Labute approximate surface area is 183 Å². The van der Waals surface area contributed by atoms with Crippen molar-refractivity contribution in [2.45, 2.75) is 26.3 Å². The first-order valence-electron chi connectivity index (χ1n) is 10.2. The van der Waals surface area contributed by atoms with Gasteiger partial charge in [-0.05, 0) is 29.5 Å². The molecule has 1 heterocycles. The van der Waals surface area contributed by atoms with Crippen molar-refractivity contribution in [1.29, 1.82) is 0 Å². The van der Waals surface area contributed by atoms with Crippen LogP contribution in [0.15, 0.2) is 51.7 Å². The number of hydrogen-bond acceptors (Lipinski definition) is 7. The number of nitrogens with one attached hydrogen (secondary N) is 2. The number of rotatable bonds is 9. The predicted octanol–water partition coefficient (Wildman–Crippen LogP) is 0.722. The van der Waals surface area contributed by atoms with Gasteiger partial charge < -0.3 is 29.7 Å². The number of fused-ring (bicyclic) bond motifs is 3. The Morgan fingerprint density at radius 1 is 1.06 bits per heavy atom. The maximum absolute atomic E-state index is 12.1. The van der Waals surface area contributed by atoms with Gasteiger partial charge in [0.25, 0.3) is 5.91 Å². The Hall–Kier alpha value is -3.88. The first-order chi connectivity index (χ1) is 15.3.